The first-order valence-electron chi connectivity index (χ1n) is 5.52. The van der Waals surface area contributed by atoms with E-state index >= 15 is 0 Å². The minimum absolute atomic E-state index is 0.105. The molecule has 0 aromatic heterocycles. The highest BCUT2D eigenvalue weighted by Crippen LogP contribution is 2.51. The molecule has 3 rings (SSSR count). The molecule has 0 heterocycles. The number of hydrogen-bond donors (Lipinski definition) is 5. The fourth-order valence-corrected chi connectivity index (χ4v) is 2.28. The van der Waals surface area contributed by atoms with Crippen LogP contribution in [0.15, 0.2) is 30.3 Å². The van der Waals surface area contributed by atoms with Crippen molar-refractivity contribution in [1.29, 1.82) is 0 Å². The van der Waals surface area contributed by atoms with Gasteiger partial charge in [-0.2, -0.15) is 0 Å². The van der Waals surface area contributed by atoms with Crippen molar-refractivity contribution >= 4 is 21.5 Å². The predicted molar refractivity (Wildman–Crippen MR) is 69.8 cm³/mol. The lowest BCUT2D eigenvalue weighted by Crippen LogP contribution is -1.83. The summed E-state index contributed by atoms with van der Waals surface area (Å²) in [5.74, 6) is -2.17. The minimum Gasteiger partial charge on any atom is -0.507 e. The molecule has 5 heteroatoms. The first-order valence-corrected chi connectivity index (χ1v) is 5.52. The zero-order chi connectivity index (χ0) is 13.7. The topological polar surface area (TPSA) is 101 Å². The molecule has 3 aromatic carbocycles. The Labute approximate surface area is 107 Å². The molecule has 0 unspecified atom stereocenters. The molecule has 0 aliphatic rings. The molecule has 0 atom stereocenters. The van der Waals surface area contributed by atoms with Gasteiger partial charge in [0.15, 0.2) is 11.5 Å². The molecule has 0 saturated heterocycles. The molecule has 3 aromatic rings. The standard InChI is InChI=1S/C14H10O5/c15-8-5-9(16)14(19)11-10(8)12(17)6-3-1-2-4-7(6)13(11)18/h1-5,15-19H. The Balaban J connectivity index is 2.72. The van der Waals surface area contributed by atoms with Crippen molar-refractivity contribution in [2.75, 3.05) is 0 Å². The van der Waals surface area contributed by atoms with Gasteiger partial charge in [0.05, 0.1) is 10.8 Å². The van der Waals surface area contributed by atoms with E-state index in [4.69, 9.17) is 0 Å². The minimum atomic E-state index is -0.591. The quantitative estimate of drug-likeness (QED) is 0.242. The van der Waals surface area contributed by atoms with Gasteiger partial charge in [-0.05, 0) is 0 Å². The average Bonchev–Trinajstić information content (AvgIpc) is 2.40. The zero-order valence-corrected chi connectivity index (χ0v) is 9.62. The second-order valence-corrected chi connectivity index (χ2v) is 4.26. The van der Waals surface area contributed by atoms with Gasteiger partial charge in [0.2, 0.25) is 0 Å². The van der Waals surface area contributed by atoms with Gasteiger partial charge in [0.25, 0.3) is 0 Å². The molecule has 19 heavy (non-hydrogen) atoms. The van der Waals surface area contributed by atoms with Gasteiger partial charge in [-0.25, -0.2) is 0 Å². The Bertz CT molecular complexity index is 823. The maximum atomic E-state index is 10.2. The molecule has 5 N–H and O–H groups in total. The summed E-state index contributed by atoms with van der Waals surface area (Å²) in [5, 5.41) is 49.8. The van der Waals surface area contributed by atoms with E-state index in [9.17, 15) is 25.5 Å². The predicted octanol–water partition coefficient (Wildman–Crippen LogP) is 2.52. The van der Waals surface area contributed by atoms with E-state index in [1.165, 1.54) is 0 Å². The van der Waals surface area contributed by atoms with E-state index in [0.717, 1.165) is 6.07 Å². The van der Waals surface area contributed by atoms with Crippen LogP contribution in [0, 0.1) is 0 Å². The SMILES string of the molecule is Oc1cc(O)c2c(O)c3ccccc3c(O)c2c1O. The summed E-state index contributed by atoms with van der Waals surface area (Å²) >= 11 is 0. The molecule has 0 spiro atoms. The van der Waals surface area contributed by atoms with Crippen molar-refractivity contribution in [3.05, 3.63) is 30.3 Å². The molecule has 96 valence electrons. The van der Waals surface area contributed by atoms with Crippen LogP contribution in [0.1, 0.15) is 0 Å². The molecule has 0 radical (unpaired) electrons. The average molecular weight is 258 g/mol. The van der Waals surface area contributed by atoms with Gasteiger partial charge >= 0.3 is 0 Å². The first kappa shape index (κ1) is 11.3. The molecular formula is C14H10O5. The third-order valence-corrected chi connectivity index (χ3v) is 3.17. The van der Waals surface area contributed by atoms with Crippen LogP contribution in [0.2, 0.25) is 0 Å². The van der Waals surface area contributed by atoms with E-state index in [1.54, 1.807) is 24.3 Å². The van der Waals surface area contributed by atoms with Gasteiger partial charge in [0, 0.05) is 16.8 Å². The van der Waals surface area contributed by atoms with Gasteiger partial charge in [-0.15, -0.1) is 0 Å². The van der Waals surface area contributed by atoms with Crippen LogP contribution in [-0.2, 0) is 0 Å². The van der Waals surface area contributed by atoms with Crippen LogP contribution >= 0.6 is 0 Å². The summed E-state index contributed by atoms with van der Waals surface area (Å²) in [6, 6.07) is 7.38. The fourth-order valence-electron chi connectivity index (χ4n) is 2.28. The molecule has 5 nitrogen and oxygen atoms in total. The van der Waals surface area contributed by atoms with Crippen molar-refractivity contribution in [2.24, 2.45) is 0 Å². The highest BCUT2D eigenvalue weighted by atomic mass is 16.3. The van der Waals surface area contributed by atoms with E-state index in [1.807, 2.05) is 0 Å². The smallest absolute Gasteiger partial charge is 0.169 e. The molecular weight excluding hydrogens is 248 g/mol. The largest absolute Gasteiger partial charge is 0.507 e. The van der Waals surface area contributed by atoms with E-state index < -0.39 is 17.2 Å². The van der Waals surface area contributed by atoms with Crippen molar-refractivity contribution in [3.8, 4) is 28.7 Å². The third kappa shape index (κ3) is 1.35. The summed E-state index contributed by atoms with van der Waals surface area (Å²) < 4.78 is 0. The number of rotatable bonds is 0. The lowest BCUT2D eigenvalue weighted by molar-refractivity contribution is 0.398. The Kier molecular flexibility index (Phi) is 2.13. The monoisotopic (exact) mass is 258 g/mol. The van der Waals surface area contributed by atoms with Crippen molar-refractivity contribution in [2.45, 2.75) is 0 Å². The van der Waals surface area contributed by atoms with Crippen LogP contribution < -0.4 is 0 Å². The van der Waals surface area contributed by atoms with Gasteiger partial charge in [-0.1, -0.05) is 24.3 Å². The zero-order valence-electron chi connectivity index (χ0n) is 9.62. The van der Waals surface area contributed by atoms with Gasteiger partial charge in [0.1, 0.15) is 17.2 Å². The summed E-state index contributed by atoms with van der Waals surface area (Å²) in [6.07, 6.45) is 0. The molecule has 0 bridgehead atoms. The number of phenolic OH excluding ortho intramolecular Hbond substituents is 5. The maximum Gasteiger partial charge on any atom is 0.169 e. The number of benzene rings is 3. The fraction of sp³-hybridized carbons (Fsp3) is 0. The van der Waals surface area contributed by atoms with Crippen LogP contribution in [-0.4, -0.2) is 25.5 Å². The summed E-state index contributed by atoms with van der Waals surface area (Å²) in [6.45, 7) is 0. The van der Waals surface area contributed by atoms with Crippen molar-refractivity contribution < 1.29 is 25.5 Å². The van der Waals surface area contributed by atoms with E-state index in [-0.39, 0.29) is 22.3 Å². The van der Waals surface area contributed by atoms with Crippen molar-refractivity contribution in [1.82, 2.24) is 0 Å². The number of aromatic hydroxyl groups is 5. The maximum absolute atomic E-state index is 10.2. The molecule has 0 fully saturated rings. The second kappa shape index (κ2) is 3.58. The highest BCUT2D eigenvalue weighted by molar-refractivity contribution is 6.15. The summed E-state index contributed by atoms with van der Waals surface area (Å²) in [4.78, 5) is 0. The number of phenols is 5. The number of fused-ring (bicyclic) bond motifs is 2. The molecule has 0 aliphatic carbocycles. The Morgan fingerprint density at radius 2 is 1.11 bits per heavy atom. The Morgan fingerprint density at radius 1 is 0.579 bits per heavy atom. The molecule has 0 saturated carbocycles. The van der Waals surface area contributed by atoms with Crippen LogP contribution in [0.25, 0.3) is 21.5 Å². The Morgan fingerprint density at radius 3 is 1.68 bits per heavy atom. The Hall–Kier alpha value is -2.82. The first-order chi connectivity index (χ1) is 9.02. The molecule has 0 amide bonds. The van der Waals surface area contributed by atoms with Crippen LogP contribution in [0.4, 0.5) is 0 Å². The number of hydrogen-bond acceptors (Lipinski definition) is 5. The third-order valence-electron chi connectivity index (χ3n) is 3.17. The van der Waals surface area contributed by atoms with Gasteiger partial charge in [-0.3, -0.25) is 0 Å². The molecule has 0 aliphatic heterocycles. The van der Waals surface area contributed by atoms with E-state index in [2.05, 4.69) is 0 Å². The van der Waals surface area contributed by atoms with Crippen LogP contribution in [0.5, 0.6) is 28.7 Å². The van der Waals surface area contributed by atoms with E-state index in [0.29, 0.717) is 10.8 Å². The second-order valence-electron chi connectivity index (χ2n) is 4.26. The lowest BCUT2D eigenvalue weighted by atomic mass is 9.99. The summed E-state index contributed by atoms with van der Waals surface area (Å²) in [5.41, 5.74) is 0. The summed E-state index contributed by atoms with van der Waals surface area (Å²) in [7, 11) is 0. The highest BCUT2D eigenvalue weighted by Gasteiger charge is 2.20. The van der Waals surface area contributed by atoms with Gasteiger partial charge < -0.3 is 25.5 Å². The lowest BCUT2D eigenvalue weighted by Gasteiger charge is -2.12. The van der Waals surface area contributed by atoms with Crippen LogP contribution in [0.3, 0.4) is 0 Å². The van der Waals surface area contributed by atoms with Crippen molar-refractivity contribution in [3.63, 3.8) is 0 Å². The normalized spacial score (nSPS) is 11.2.